The van der Waals surface area contributed by atoms with Gasteiger partial charge in [0.15, 0.2) is 0 Å². The monoisotopic (exact) mass is 434 g/mol. The van der Waals surface area contributed by atoms with Crippen molar-refractivity contribution >= 4 is 45.2 Å². The van der Waals surface area contributed by atoms with Crippen molar-refractivity contribution in [1.29, 1.82) is 0 Å². The Hall–Kier alpha value is -2.35. The average Bonchev–Trinajstić information content (AvgIpc) is 2.59. The van der Waals surface area contributed by atoms with Crippen LogP contribution in [0.3, 0.4) is 0 Å². The highest BCUT2D eigenvalue weighted by Gasteiger charge is 2.21. The first-order chi connectivity index (χ1) is 11.5. The van der Waals surface area contributed by atoms with E-state index in [4.69, 9.17) is 10.5 Å². The van der Waals surface area contributed by atoms with Crippen LogP contribution in [-0.4, -0.2) is 17.6 Å². The third-order valence-electron chi connectivity index (χ3n) is 3.84. The Labute approximate surface area is 152 Å². The number of hydrogen-bond donors (Lipinski definition) is 1. The summed E-state index contributed by atoms with van der Waals surface area (Å²) in [6.45, 7) is 0.348. The van der Waals surface area contributed by atoms with Gasteiger partial charge < -0.3 is 15.0 Å². The van der Waals surface area contributed by atoms with Crippen LogP contribution in [0.1, 0.15) is 15.9 Å². The Bertz CT molecular complexity index is 981. The number of ether oxygens (including phenoxy) is 1. The summed E-state index contributed by atoms with van der Waals surface area (Å²) in [5, 5.41) is 0.659. The number of carbonyl (C=O) groups is 1. The molecule has 0 amide bonds. The van der Waals surface area contributed by atoms with Crippen LogP contribution in [0.5, 0.6) is 0 Å². The van der Waals surface area contributed by atoms with Crippen molar-refractivity contribution in [2.75, 3.05) is 12.8 Å². The largest absolute Gasteiger partial charge is 0.465 e. The van der Waals surface area contributed by atoms with Gasteiger partial charge in [-0.1, -0.05) is 30.3 Å². The number of hydrogen-bond acceptors (Lipinski definition) is 4. The number of fused-ring (bicyclic) bond motifs is 1. The zero-order valence-corrected chi connectivity index (χ0v) is 15.1. The standard InChI is InChI=1S/C18H15IN2O3/c1-24-18(23)15-16(20)13-8-7-12(19)9-14(13)21(17(15)22)10-11-5-3-2-4-6-11/h2-9H,10,20H2,1H3. The normalized spacial score (nSPS) is 10.8. The van der Waals surface area contributed by atoms with Crippen molar-refractivity contribution in [3.05, 3.63) is 73.6 Å². The maximum Gasteiger partial charge on any atom is 0.345 e. The van der Waals surface area contributed by atoms with Crippen LogP contribution in [-0.2, 0) is 11.3 Å². The molecular formula is C18H15IN2O3. The lowest BCUT2D eigenvalue weighted by Gasteiger charge is -2.15. The minimum Gasteiger partial charge on any atom is -0.465 e. The van der Waals surface area contributed by atoms with Crippen molar-refractivity contribution in [3.8, 4) is 0 Å². The minimum absolute atomic E-state index is 0.123. The molecule has 0 aliphatic rings. The molecule has 24 heavy (non-hydrogen) atoms. The second kappa shape index (κ2) is 6.64. The number of methoxy groups -OCH3 is 1. The second-order valence-corrected chi connectivity index (χ2v) is 6.56. The number of benzene rings is 2. The topological polar surface area (TPSA) is 74.3 Å². The first kappa shape index (κ1) is 16.5. The minimum atomic E-state index is -0.722. The fourth-order valence-electron chi connectivity index (χ4n) is 2.67. The number of anilines is 1. The molecule has 1 heterocycles. The summed E-state index contributed by atoms with van der Waals surface area (Å²) >= 11 is 2.18. The van der Waals surface area contributed by atoms with Gasteiger partial charge in [0.2, 0.25) is 0 Å². The quantitative estimate of drug-likeness (QED) is 0.508. The van der Waals surface area contributed by atoms with Crippen LogP contribution in [0.2, 0.25) is 0 Å². The molecule has 0 aliphatic heterocycles. The number of pyridine rings is 1. The van der Waals surface area contributed by atoms with E-state index >= 15 is 0 Å². The van der Waals surface area contributed by atoms with E-state index in [0.29, 0.717) is 17.4 Å². The molecule has 1 aromatic heterocycles. The SMILES string of the molecule is COC(=O)c1c(N)c2ccc(I)cc2n(Cc2ccccc2)c1=O. The van der Waals surface area contributed by atoms with Crippen molar-refractivity contribution in [1.82, 2.24) is 4.57 Å². The summed E-state index contributed by atoms with van der Waals surface area (Å²) < 4.78 is 7.29. The number of nitrogens with two attached hydrogens (primary N) is 1. The summed E-state index contributed by atoms with van der Waals surface area (Å²) in [7, 11) is 1.24. The third-order valence-corrected chi connectivity index (χ3v) is 4.51. The molecule has 0 unspecified atom stereocenters. The highest BCUT2D eigenvalue weighted by Crippen LogP contribution is 2.25. The Kier molecular flexibility index (Phi) is 4.57. The predicted molar refractivity (Wildman–Crippen MR) is 102 cm³/mol. The predicted octanol–water partition coefficient (Wildman–Crippen LogP) is 3.02. The lowest BCUT2D eigenvalue weighted by molar-refractivity contribution is 0.0599. The summed E-state index contributed by atoms with van der Waals surface area (Å²) in [6.07, 6.45) is 0. The Balaban J connectivity index is 2.34. The van der Waals surface area contributed by atoms with E-state index in [1.54, 1.807) is 4.57 Å². The highest BCUT2D eigenvalue weighted by atomic mass is 127. The highest BCUT2D eigenvalue weighted by molar-refractivity contribution is 14.1. The van der Waals surface area contributed by atoms with Crippen LogP contribution in [0, 0.1) is 3.57 Å². The first-order valence-electron chi connectivity index (χ1n) is 7.26. The van der Waals surface area contributed by atoms with Gasteiger partial charge in [-0.2, -0.15) is 0 Å². The number of esters is 1. The lowest BCUT2D eigenvalue weighted by Crippen LogP contribution is -2.29. The van der Waals surface area contributed by atoms with Gasteiger partial charge in [0.05, 0.1) is 24.9 Å². The number of rotatable bonds is 3. The first-order valence-corrected chi connectivity index (χ1v) is 8.34. The lowest BCUT2D eigenvalue weighted by atomic mass is 10.1. The molecule has 0 spiro atoms. The molecule has 3 rings (SSSR count). The Morgan fingerprint density at radius 2 is 1.92 bits per heavy atom. The molecule has 0 radical (unpaired) electrons. The van der Waals surface area contributed by atoms with Gasteiger partial charge in [-0.05, 0) is 46.4 Å². The molecule has 2 aromatic carbocycles. The van der Waals surface area contributed by atoms with E-state index in [2.05, 4.69) is 22.6 Å². The smallest absolute Gasteiger partial charge is 0.345 e. The maximum atomic E-state index is 12.9. The summed E-state index contributed by atoms with van der Waals surface area (Å²) in [5.74, 6) is -0.722. The maximum absolute atomic E-state index is 12.9. The van der Waals surface area contributed by atoms with Gasteiger partial charge in [0.25, 0.3) is 5.56 Å². The molecule has 6 heteroatoms. The number of nitrogen functional groups attached to an aromatic ring is 1. The summed E-state index contributed by atoms with van der Waals surface area (Å²) in [4.78, 5) is 25.0. The van der Waals surface area contributed by atoms with Crippen molar-refractivity contribution in [3.63, 3.8) is 0 Å². The molecule has 3 aromatic rings. The van der Waals surface area contributed by atoms with Gasteiger partial charge >= 0.3 is 5.97 Å². The van der Waals surface area contributed by atoms with E-state index < -0.39 is 11.5 Å². The van der Waals surface area contributed by atoms with Crippen molar-refractivity contribution in [2.45, 2.75) is 6.54 Å². The van der Waals surface area contributed by atoms with Crippen LogP contribution < -0.4 is 11.3 Å². The average molecular weight is 434 g/mol. The van der Waals surface area contributed by atoms with Gasteiger partial charge in [-0.15, -0.1) is 0 Å². The van der Waals surface area contributed by atoms with Gasteiger partial charge in [0, 0.05) is 8.96 Å². The van der Waals surface area contributed by atoms with Crippen LogP contribution in [0.4, 0.5) is 5.69 Å². The van der Waals surface area contributed by atoms with E-state index in [0.717, 1.165) is 9.13 Å². The molecule has 0 saturated heterocycles. The Morgan fingerprint density at radius 1 is 1.21 bits per heavy atom. The van der Waals surface area contributed by atoms with E-state index in [9.17, 15) is 9.59 Å². The van der Waals surface area contributed by atoms with E-state index in [1.165, 1.54) is 7.11 Å². The molecule has 0 saturated carbocycles. The van der Waals surface area contributed by atoms with Crippen LogP contribution in [0.25, 0.3) is 10.9 Å². The number of aromatic nitrogens is 1. The molecule has 2 N–H and O–H groups in total. The molecule has 0 aliphatic carbocycles. The van der Waals surface area contributed by atoms with Gasteiger partial charge in [-0.25, -0.2) is 4.79 Å². The van der Waals surface area contributed by atoms with Crippen LogP contribution >= 0.6 is 22.6 Å². The van der Waals surface area contributed by atoms with E-state index in [-0.39, 0.29) is 11.3 Å². The van der Waals surface area contributed by atoms with Crippen LogP contribution in [0.15, 0.2) is 53.3 Å². The molecule has 0 fully saturated rings. The molecule has 5 nitrogen and oxygen atoms in total. The van der Waals surface area contributed by atoms with Gasteiger partial charge in [0.1, 0.15) is 5.56 Å². The number of halogens is 1. The van der Waals surface area contributed by atoms with Crippen molar-refractivity contribution < 1.29 is 9.53 Å². The molecule has 0 atom stereocenters. The number of nitrogens with zero attached hydrogens (tertiary/aromatic N) is 1. The van der Waals surface area contributed by atoms with Gasteiger partial charge in [-0.3, -0.25) is 4.79 Å². The zero-order chi connectivity index (χ0) is 17.3. The van der Waals surface area contributed by atoms with E-state index in [1.807, 2.05) is 48.5 Å². The van der Waals surface area contributed by atoms with Crippen molar-refractivity contribution in [2.24, 2.45) is 0 Å². The molecule has 122 valence electrons. The zero-order valence-electron chi connectivity index (χ0n) is 13.0. The molecular weight excluding hydrogens is 419 g/mol. The third kappa shape index (κ3) is 2.89. The summed E-state index contributed by atoms with van der Waals surface area (Å²) in [6, 6.07) is 15.2. The second-order valence-electron chi connectivity index (χ2n) is 5.32. The fraction of sp³-hybridized carbons (Fsp3) is 0.111. The fourth-order valence-corrected chi connectivity index (χ4v) is 3.15. The Morgan fingerprint density at radius 3 is 2.58 bits per heavy atom. The number of carbonyl (C=O) groups excluding carboxylic acids is 1. The molecule has 0 bridgehead atoms. The summed E-state index contributed by atoms with van der Waals surface area (Å²) in [5.41, 5.74) is 7.33.